The zero-order valence-electron chi connectivity index (χ0n) is 36.8. The number of amides is 5. The number of hydrogen-bond acceptors (Lipinski definition) is 12. The Morgan fingerprint density at radius 2 is 1.67 bits per heavy atom. The number of ether oxygens (including phenoxy) is 1. The van der Waals surface area contributed by atoms with Crippen molar-refractivity contribution in [3.05, 3.63) is 100 Å². The van der Waals surface area contributed by atoms with Crippen molar-refractivity contribution < 1.29 is 32.3 Å². The highest BCUT2D eigenvalue weighted by Crippen LogP contribution is 2.33. The molecule has 18 heteroatoms. The molecule has 4 heterocycles. The molecule has 3 aromatic carbocycles. The summed E-state index contributed by atoms with van der Waals surface area (Å²) in [6.45, 7) is 3.46. The number of nitrogens with zero attached hydrogens (tertiary/aromatic N) is 4. The Bertz CT molecular complexity index is 2620. The van der Waals surface area contributed by atoms with Crippen molar-refractivity contribution in [2.24, 2.45) is 0 Å². The summed E-state index contributed by atoms with van der Waals surface area (Å²) >= 11 is 6.36. The number of carbonyl (C=O) groups is 4. The molecule has 66 heavy (non-hydrogen) atoms. The molecule has 1 aliphatic carbocycles. The maximum absolute atomic E-state index is 13.2. The molecule has 3 fully saturated rings. The van der Waals surface area contributed by atoms with Gasteiger partial charge in [0.05, 0.1) is 30.0 Å². The molecule has 1 atom stereocenters. The van der Waals surface area contributed by atoms with E-state index >= 15 is 0 Å². The molecule has 8 rings (SSSR count). The first kappa shape index (κ1) is 46.5. The standard InChI is InChI=1S/C48H54ClN9O7S/c1-66(63,64)42-11-3-2-10-40(42)54-44-39(49)29-51-47(56-44)52-35-14-12-31(13-15-35)32-22-25-57(26-23-32)48(62)53-36-18-16-34(17-19-36)50-24-28-65-27-5-4-7-33-8-6-9-37-38(33)30-58(46(37)61)41-20-21-43(59)55-45(41)60/h2-3,6,8-15,29,32,34,36,41,50H,5,16-28,30H2,1H3,(H,53,62)(H,55,59,60)(H2,51,52,54,56). The zero-order valence-corrected chi connectivity index (χ0v) is 38.3. The normalized spacial score (nSPS) is 20.0. The van der Waals surface area contributed by atoms with Crippen LogP contribution in [0.25, 0.3) is 0 Å². The van der Waals surface area contributed by atoms with E-state index in [1.807, 2.05) is 23.1 Å². The highest BCUT2D eigenvalue weighted by Gasteiger charge is 2.39. The van der Waals surface area contributed by atoms with Gasteiger partial charge in [0, 0.05) is 74.2 Å². The highest BCUT2D eigenvalue weighted by molar-refractivity contribution is 7.90. The van der Waals surface area contributed by atoms with Gasteiger partial charge in [-0.25, -0.2) is 18.2 Å². The summed E-state index contributed by atoms with van der Waals surface area (Å²) < 4.78 is 30.4. The van der Waals surface area contributed by atoms with Crippen molar-refractivity contribution in [1.82, 2.24) is 35.7 Å². The minimum Gasteiger partial charge on any atom is -0.379 e. The number of carbonyl (C=O) groups excluding carboxylic acids is 4. The van der Waals surface area contributed by atoms with Gasteiger partial charge in [-0.1, -0.05) is 53.8 Å². The van der Waals surface area contributed by atoms with Crippen LogP contribution in [0.3, 0.4) is 0 Å². The van der Waals surface area contributed by atoms with E-state index in [1.54, 1.807) is 30.3 Å². The lowest BCUT2D eigenvalue weighted by Gasteiger charge is -2.35. The molecule has 1 saturated carbocycles. The number of halogens is 1. The molecular weight excluding hydrogens is 882 g/mol. The lowest BCUT2D eigenvalue weighted by Crippen LogP contribution is -2.52. The van der Waals surface area contributed by atoms with Gasteiger partial charge in [0.15, 0.2) is 15.7 Å². The summed E-state index contributed by atoms with van der Waals surface area (Å²) in [6.07, 6.45) is 9.24. The highest BCUT2D eigenvalue weighted by atomic mass is 35.5. The molecule has 1 unspecified atom stereocenters. The van der Waals surface area contributed by atoms with E-state index in [1.165, 1.54) is 22.7 Å². The minimum atomic E-state index is -3.48. The number of nitrogens with one attached hydrogen (secondary N) is 5. The molecule has 5 N–H and O–H groups in total. The van der Waals surface area contributed by atoms with Crippen molar-refractivity contribution in [2.45, 2.75) is 93.3 Å². The number of imide groups is 1. The van der Waals surface area contributed by atoms with E-state index in [4.69, 9.17) is 16.3 Å². The molecule has 3 aliphatic heterocycles. The van der Waals surface area contributed by atoms with Crippen LogP contribution in [0.4, 0.5) is 27.9 Å². The number of anilines is 4. The van der Waals surface area contributed by atoms with Gasteiger partial charge in [-0.05, 0) is 98.4 Å². The third kappa shape index (κ3) is 11.5. The number of likely N-dealkylation sites (tertiary alicyclic amines) is 1. The van der Waals surface area contributed by atoms with Crippen LogP contribution < -0.4 is 26.6 Å². The fourth-order valence-corrected chi connectivity index (χ4v) is 10.0. The third-order valence-electron chi connectivity index (χ3n) is 12.6. The van der Waals surface area contributed by atoms with Crippen molar-refractivity contribution >= 4 is 68.3 Å². The molecule has 1 aromatic heterocycles. The second-order valence-electron chi connectivity index (χ2n) is 17.1. The Kier molecular flexibility index (Phi) is 14.8. The quantitative estimate of drug-likeness (QED) is 0.0559. The summed E-state index contributed by atoms with van der Waals surface area (Å²) in [5, 5.41) is 15.7. The fraction of sp³-hybridized carbons (Fsp3) is 0.417. The smallest absolute Gasteiger partial charge is 0.317 e. The van der Waals surface area contributed by atoms with Crippen LogP contribution >= 0.6 is 11.6 Å². The van der Waals surface area contributed by atoms with Gasteiger partial charge in [-0.2, -0.15) is 4.98 Å². The van der Waals surface area contributed by atoms with Crippen LogP contribution in [0.5, 0.6) is 0 Å². The number of para-hydroxylation sites is 1. The topological polar surface area (TPSA) is 204 Å². The monoisotopic (exact) mass is 935 g/mol. The third-order valence-corrected chi connectivity index (χ3v) is 14.0. The average Bonchev–Trinajstić information content (AvgIpc) is 3.65. The molecule has 16 nitrogen and oxygen atoms in total. The van der Waals surface area contributed by atoms with Gasteiger partial charge in [-0.15, -0.1) is 0 Å². The predicted octanol–water partition coefficient (Wildman–Crippen LogP) is 6.03. The van der Waals surface area contributed by atoms with E-state index in [0.29, 0.717) is 74.8 Å². The number of hydrogen-bond donors (Lipinski definition) is 5. The van der Waals surface area contributed by atoms with Gasteiger partial charge in [-0.3, -0.25) is 19.7 Å². The molecule has 0 bridgehead atoms. The van der Waals surface area contributed by atoms with E-state index < -0.39 is 21.8 Å². The molecule has 5 amide bonds. The van der Waals surface area contributed by atoms with Crippen LogP contribution in [0.2, 0.25) is 5.02 Å². The second-order valence-corrected chi connectivity index (χ2v) is 19.5. The summed E-state index contributed by atoms with van der Waals surface area (Å²) in [7, 11) is -3.48. The Balaban J connectivity index is 0.697. The largest absolute Gasteiger partial charge is 0.379 e. The van der Waals surface area contributed by atoms with E-state index in [9.17, 15) is 27.6 Å². The maximum atomic E-state index is 13.2. The van der Waals surface area contributed by atoms with Gasteiger partial charge >= 0.3 is 6.03 Å². The molecule has 0 radical (unpaired) electrons. The summed E-state index contributed by atoms with van der Waals surface area (Å²) in [4.78, 5) is 62.7. The number of benzene rings is 3. The second kappa shape index (κ2) is 21.1. The van der Waals surface area contributed by atoms with Crippen LogP contribution in [0, 0.1) is 11.8 Å². The maximum Gasteiger partial charge on any atom is 0.317 e. The number of rotatable bonds is 14. The van der Waals surface area contributed by atoms with E-state index in [2.05, 4.69) is 60.5 Å². The first-order chi connectivity index (χ1) is 31.9. The Labute approximate surface area is 389 Å². The van der Waals surface area contributed by atoms with Crippen LogP contribution in [0.1, 0.15) is 90.8 Å². The first-order valence-corrected chi connectivity index (χ1v) is 24.7. The van der Waals surface area contributed by atoms with Gasteiger partial charge < -0.3 is 35.8 Å². The summed E-state index contributed by atoms with van der Waals surface area (Å²) in [5.41, 5.74) is 4.48. The lowest BCUT2D eigenvalue weighted by molar-refractivity contribution is -0.136. The molecule has 0 spiro atoms. The molecule has 346 valence electrons. The lowest BCUT2D eigenvalue weighted by atomic mass is 9.89. The Morgan fingerprint density at radius 1 is 0.909 bits per heavy atom. The Hall–Kier alpha value is -6.06. The SMILES string of the molecule is CS(=O)(=O)c1ccccc1Nc1nc(Nc2ccc(C3CCN(C(=O)NC4CCC(NCCOCCC#Cc5cccc6c5CN(C5CCC(=O)NC5=O)C6=O)CC4)CC3)cc2)ncc1Cl. The predicted molar refractivity (Wildman–Crippen MR) is 251 cm³/mol. The number of sulfone groups is 1. The zero-order chi connectivity index (χ0) is 46.2. The number of fused-ring (bicyclic) bond motifs is 1. The van der Waals surface area contributed by atoms with Crippen molar-refractivity contribution in [1.29, 1.82) is 0 Å². The minimum absolute atomic E-state index is 0.0110. The Morgan fingerprint density at radius 3 is 2.42 bits per heavy atom. The van der Waals surface area contributed by atoms with E-state index in [-0.39, 0.29) is 46.0 Å². The van der Waals surface area contributed by atoms with Crippen molar-refractivity contribution in [3.8, 4) is 11.8 Å². The van der Waals surface area contributed by atoms with Gasteiger partial charge in [0.2, 0.25) is 17.8 Å². The molecule has 2 saturated heterocycles. The molecule has 4 aliphatic rings. The van der Waals surface area contributed by atoms with Crippen molar-refractivity contribution in [3.63, 3.8) is 0 Å². The van der Waals surface area contributed by atoms with Crippen LogP contribution in [0.15, 0.2) is 77.8 Å². The summed E-state index contributed by atoms with van der Waals surface area (Å²) in [6, 6.07) is 20.0. The van der Waals surface area contributed by atoms with Gasteiger partial charge in [0.1, 0.15) is 11.1 Å². The summed E-state index contributed by atoms with van der Waals surface area (Å²) in [5.74, 6) is 6.31. The van der Waals surface area contributed by atoms with Gasteiger partial charge in [0.25, 0.3) is 5.91 Å². The number of piperidine rings is 2. The molecular formula is C48H54ClN9O7S. The molecule has 4 aromatic rings. The van der Waals surface area contributed by atoms with Crippen LogP contribution in [-0.2, 0) is 30.7 Å². The van der Waals surface area contributed by atoms with Crippen molar-refractivity contribution in [2.75, 3.05) is 49.7 Å². The van der Waals surface area contributed by atoms with Crippen LogP contribution in [-0.4, -0.2) is 109 Å². The van der Waals surface area contributed by atoms with E-state index in [0.717, 1.165) is 68.1 Å². The fourth-order valence-electron chi connectivity index (χ4n) is 9.05. The number of aromatic nitrogens is 2. The average molecular weight is 937 g/mol. The first-order valence-electron chi connectivity index (χ1n) is 22.5. The number of urea groups is 1.